The van der Waals surface area contributed by atoms with Gasteiger partial charge < -0.3 is 9.47 Å². The van der Waals surface area contributed by atoms with Gasteiger partial charge in [-0.3, -0.25) is 4.79 Å². The van der Waals surface area contributed by atoms with Crippen molar-refractivity contribution in [1.29, 1.82) is 0 Å². The van der Waals surface area contributed by atoms with E-state index in [2.05, 4.69) is 10.1 Å². The number of halogens is 1. The first kappa shape index (κ1) is 28.8. The number of benzene rings is 3. The van der Waals surface area contributed by atoms with Crippen LogP contribution in [0.3, 0.4) is 0 Å². The molecule has 0 spiro atoms. The van der Waals surface area contributed by atoms with Gasteiger partial charge in [0.1, 0.15) is 11.6 Å². The van der Waals surface area contributed by atoms with E-state index in [1.54, 1.807) is 24.3 Å². The van der Waals surface area contributed by atoms with E-state index < -0.39 is 21.7 Å². The number of thiazole rings is 1. The first-order valence-corrected chi connectivity index (χ1v) is 15.3. The third-order valence-electron chi connectivity index (χ3n) is 6.35. The lowest BCUT2D eigenvalue weighted by atomic mass is 10.2. The Hall–Kier alpha value is -3.71. The largest absolute Gasteiger partial charge is 0.494 e. The Balaban J connectivity index is 1.45. The SMILES string of the molecule is CCOc1ccc(/C=N/N(C(=O)c2ccc(S(=O)(=O)N3CC(C)OC(C)C3)cc2)c2nc3ccc(F)cc3s2)cc1. The van der Waals surface area contributed by atoms with Crippen LogP contribution in [0.15, 0.2) is 76.7 Å². The van der Waals surface area contributed by atoms with Gasteiger partial charge in [0.15, 0.2) is 0 Å². The van der Waals surface area contributed by atoms with E-state index in [9.17, 15) is 17.6 Å². The highest BCUT2D eigenvalue weighted by molar-refractivity contribution is 7.89. The van der Waals surface area contributed by atoms with E-state index in [0.717, 1.165) is 16.3 Å². The van der Waals surface area contributed by atoms with E-state index in [1.165, 1.54) is 53.0 Å². The molecular weight excluding hydrogens is 567 g/mol. The van der Waals surface area contributed by atoms with Crippen molar-refractivity contribution in [3.63, 3.8) is 0 Å². The molecule has 0 aliphatic carbocycles. The second-order valence-corrected chi connectivity index (χ2v) is 12.5. The number of anilines is 1. The molecule has 0 N–H and O–H groups in total. The summed E-state index contributed by atoms with van der Waals surface area (Å²) < 4.78 is 53.5. The average Bonchev–Trinajstić information content (AvgIpc) is 3.36. The summed E-state index contributed by atoms with van der Waals surface area (Å²) >= 11 is 1.12. The van der Waals surface area contributed by atoms with Crippen LogP contribution in [-0.4, -0.2) is 61.7 Å². The molecule has 3 aromatic carbocycles. The van der Waals surface area contributed by atoms with Gasteiger partial charge in [-0.05, 0) is 93.1 Å². The van der Waals surface area contributed by atoms with Gasteiger partial charge >= 0.3 is 0 Å². The molecule has 1 aromatic heterocycles. The van der Waals surface area contributed by atoms with Crippen molar-refractivity contribution in [3.8, 4) is 5.75 Å². The van der Waals surface area contributed by atoms with Crippen LogP contribution < -0.4 is 9.75 Å². The highest BCUT2D eigenvalue weighted by Gasteiger charge is 2.32. The Morgan fingerprint density at radius 3 is 2.46 bits per heavy atom. The molecule has 1 fully saturated rings. The van der Waals surface area contributed by atoms with Crippen LogP contribution in [0.25, 0.3) is 10.2 Å². The number of sulfonamides is 1. The third kappa shape index (κ3) is 6.46. The number of amides is 1. The standard InChI is InChI=1S/C29H29FN4O5S2/c1-4-38-24-10-5-21(6-11-24)16-31-34(29-32-26-14-9-23(30)15-27(26)40-29)28(35)22-7-12-25(13-8-22)41(36,37)33-17-19(2)39-20(3)18-33/h5-16,19-20H,4,17-18H2,1-3H3/b31-16+. The van der Waals surface area contributed by atoms with Crippen molar-refractivity contribution in [3.05, 3.63) is 83.7 Å². The molecule has 0 radical (unpaired) electrons. The van der Waals surface area contributed by atoms with Crippen LogP contribution in [0.1, 0.15) is 36.7 Å². The summed E-state index contributed by atoms with van der Waals surface area (Å²) in [6, 6.07) is 17.1. The van der Waals surface area contributed by atoms with Crippen molar-refractivity contribution >= 4 is 48.8 Å². The number of aromatic nitrogens is 1. The molecule has 0 bridgehead atoms. The second-order valence-electron chi connectivity index (χ2n) is 9.58. The minimum absolute atomic E-state index is 0.0789. The van der Waals surface area contributed by atoms with Crippen molar-refractivity contribution in [1.82, 2.24) is 9.29 Å². The summed E-state index contributed by atoms with van der Waals surface area (Å²) in [5, 5.41) is 5.80. The van der Waals surface area contributed by atoms with Crippen molar-refractivity contribution in [2.75, 3.05) is 24.7 Å². The molecule has 2 heterocycles. The predicted molar refractivity (Wildman–Crippen MR) is 157 cm³/mol. The zero-order valence-electron chi connectivity index (χ0n) is 22.7. The lowest BCUT2D eigenvalue weighted by Gasteiger charge is -2.34. The minimum Gasteiger partial charge on any atom is -0.494 e. The van der Waals surface area contributed by atoms with Gasteiger partial charge in [0.25, 0.3) is 5.91 Å². The van der Waals surface area contributed by atoms with E-state index in [0.29, 0.717) is 28.1 Å². The second kappa shape index (κ2) is 12.0. The Bertz CT molecular complexity index is 1660. The van der Waals surface area contributed by atoms with Crippen LogP contribution >= 0.6 is 11.3 Å². The summed E-state index contributed by atoms with van der Waals surface area (Å²) in [7, 11) is -3.78. The molecule has 1 amide bonds. The van der Waals surface area contributed by atoms with E-state index >= 15 is 0 Å². The Kier molecular flexibility index (Phi) is 8.45. The summed E-state index contributed by atoms with van der Waals surface area (Å²) in [5.41, 5.74) is 1.45. The molecule has 1 saturated heterocycles. The number of hydrazone groups is 1. The van der Waals surface area contributed by atoms with Crippen LogP contribution in [0, 0.1) is 5.82 Å². The van der Waals surface area contributed by atoms with Crippen LogP contribution in [0.4, 0.5) is 9.52 Å². The number of rotatable bonds is 8. The molecule has 41 heavy (non-hydrogen) atoms. The molecule has 12 heteroatoms. The number of morpholine rings is 1. The fraction of sp³-hybridized carbons (Fsp3) is 0.276. The summed E-state index contributed by atoms with van der Waals surface area (Å²) in [6.07, 6.45) is 1.07. The molecular formula is C29H29FN4O5S2. The zero-order chi connectivity index (χ0) is 29.1. The highest BCUT2D eigenvalue weighted by Crippen LogP contribution is 2.31. The quantitative estimate of drug-likeness (QED) is 0.202. The lowest BCUT2D eigenvalue weighted by molar-refractivity contribution is -0.0440. The number of nitrogens with zero attached hydrogens (tertiary/aromatic N) is 4. The van der Waals surface area contributed by atoms with Gasteiger partial charge in [0.05, 0.1) is 40.1 Å². The van der Waals surface area contributed by atoms with Crippen molar-refractivity contribution in [2.45, 2.75) is 37.9 Å². The monoisotopic (exact) mass is 596 g/mol. The lowest BCUT2D eigenvalue weighted by Crippen LogP contribution is -2.48. The van der Waals surface area contributed by atoms with E-state index in [4.69, 9.17) is 9.47 Å². The maximum Gasteiger partial charge on any atom is 0.280 e. The molecule has 0 saturated carbocycles. The highest BCUT2D eigenvalue weighted by atomic mass is 32.2. The average molecular weight is 597 g/mol. The number of carbonyl (C=O) groups is 1. The number of ether oxygens (including phenoxy) is 2. The predicted octanol–water partition coefficient (Wildman–Crippen LogP) is 5.31. The molecule has 1 aliphatic heterocycles. The first-order valence-electron chi connectivity index (χ1n) is 13.1. The molecule has 9 nitrogen and oxygen atoms in total. The van der Waals surface area contributed by atoms with E-state index in [-0.39, 0.29) is 40.9 Å². The molecule has 2 unspecified atom stereocenters. The normalized spacial score (nSPS) is 18.1. The zero-order valence-corrected chi connectivity index (χ0v) is 24.4. The fourth-order valence-electron chi connectivity index (χ4n) is 4.47. The van der Waals surface area contributed by atoms with Crippen molar-refractivity contribution < 1.29 is 27.1 Å². The van der Waals surface area contributed by atoms with Gasteiger partial charge in [0, 0.05) is 18.7 Å². The maximum atomic E-state index is 13.8. The topological polar surface area (TPSA) is 101 Å². The van der Waals surface area contributed by atoms with Crippen LogP contribution in [-0.2, 0) is 14.8 Å². The summed E-state index contributed by atoms with van der Waals surface area (Å²) in [5.74, 6) is -0.226. The number of hydrogen-bond acceptors (Lipinski definition) is 8. The van der Waals surface area contributed by atoms with Gasteiger partial charge in [-0.2, -0.15) is 14.4 Å². The molecule has 1 aliphatic rings. The summed E-state index contributed by atoms with van der Waals surface area (Å²) in [6.45, 7) is 6.60. The van der Waals surface area contributed by atoms with Gasteiger partial charge in [0.2, 0.25) is 15.2 Å². The number of hydrogen-bond donors (Lipinski definition) is 0. The molecule has 214 valence electrons. The van der Waals surface area contributed by atoms with Crippen LogP contribution in [0.5, 0.6) is 5.75 Å². The van der Waals surface area contributed by atoms with Gasteiger partial charge in [-0.25, -0.2) is 17.8 Å². The first-order chi connectivity index (χ1) is 19.6. The maximum absolute atomic E-state index is 13.8. The molecule has 2 atom stereocenters. The Morgan fingerprint density at radius 2 is 1.80 bits per heavy atom. The third-order valence-corrected chi connectivity index (χ3v) is 9.19. The fourth-order valence-corrected chi connectivity index (χ4v) is 7.01. The number of fused-ring (bicyclic) bond motifs is 1. The molecule has 5 rings (SSSR count). The van der Waals surface area contributed by atoms with Gasteiger partial charge in [-0.1, -0.05) is 11.3 Å². The molecule has 4 aromatic rings. The van der Waals surface area contributed by atoms with E-state index in [1.807, 2.05) is 20.8 Å². The van der Waals surface area contributed by atoms with Crippen LogP contribution in [0.2, 0.25) is 0 Å². The van der Waals surface area contributed by atoms with Gasteiger partial charge in [-0.15, -0.1) is 0 Å². The van der Waals surface area contributed by atoms with Crippen molar-refractivity contribution in [2.24, 2.45) is 5.10 Å². The smallest absolute Gasteiger partial charge is 0.280 e. The number of carbonyl (C=O) groups excluding carboxylic acids is 1. The minimum atomic E-state index is -3.78. The Labute approximate surface area is 241 Å². The Morgan fingerprint density at radius 1 is 1.12 bits per heavy atom. The summed E-state index contributed by atoms with van der Waals surface area (Å²) in [4.78, 5) is 18.3.